The second-order valence-corrected chi connectivity index (χ2v) is 5.64. The molecule has 1 heterocycles. The van der Waals surface area contributed by atoms with Gasteiger partial charge in [0.15, 0.2) is 0 Å². The van der Waals surface area contributed by atoms with Crippen LogP contribution in [0.5, 0.6) is 0 Å². The lowest BCUT2D eigenvalue weighted by atomic mass is 9.93. The Kier molecular flexibility index (Phi) is 5.86. The van der Waals surface area contributed by atoms with Crippen LogP contribution >= 0.6 is 0 Å². The van der Waals surface area contributed by atoms with Gasteiger partial charge < -0.3 is 20.5 Å². The monoisotopic (exact) mass is 338 g/mol. The van der Waals surface area contributed by atoms with Gasteiger partial charge in [0.2, 0.25) is 5.91 Å². The molecule has 2 amide bonds. The molecule has 0 aliphatic carbocycles. The van der Waals surface area contributed by atoms with Crippen LogP contribution in [0.2, 0.25) is 0 Å². The molecule has 1 aromatic carbocycles. The van der Waals surface area contributed by atoms with E-state index in [1.165, 1.54) is 19.1 Å². The lowest BCUT2D eigenvalue weighted by Gasteiger charge is -2.28. The SMILES string of the molecule is CC(=O)Nc1cc(C(=O)NC(C(=O)O)C2CCCOC2)ccc1F. The van der Waals surface area contributed by atoms with Crippen molar-refractivity contribution in [1.82, 2.24) is 5.32 Å². The molecule has 2 rings (SSSR count). The number of halogens is 1. The Hall–Kier alpha value is -2.48. The lowest BCUT2D eigenvalue weighted by molar-refractivity contribution is -0.142. The van der Waals surface area contributed by atoms with Gasteiger partial charge in [0, 0.05) is 25.0 Å². The Bertz CT molecular complexity index is 643. The number of ether oxygens (including phenoxy) is 1. The minimum atomic E-state index is -1.15. The average Bonchev–Trinajstić information content (AvgIpc) is 2.54. The first kappa shape index (κ1) is 17.9. The highest BCUT2D eigenvalue weighted by molar-refractivity contribution is 5.98. The van der Waals surface area contributed by atoms with Crippen molar-refractivity contribution in [3.05, 3.63) is 29.6 Å². The predicted octanol–water partition coefficient (Wildman–Crippen LogP) is 1.39. The summed E-state index contributed by atoms with van der Waals surface area (Å²) in [5.74, 6) is -3.29. The average molecular weight is 338 g/mol. The number of hydrogen-bond donors (Lipinski definition) is 3. The first-order valence-electron chi connectivity index (χ1n) is 7.57. The summed E-state index contributed by atoms with van der Waals surface area (Å²) in [6, 6.07) is 2.35. The summed E-state index contributed by atoms with van der Waals surface area (Å²) in [6.07, 6.45) is 1.37. The van der Waals surface area contributed by atoms with Crippen molar-refractivity contribution >= 4 is 23.5 Å². The van der Waals surface area contributed by atoms with Crippen molar-refractivity contribution in [2.45, 2.75) is 25.8 Å². The molecular formula is C16H19FN2O5. The summed E-state index contributed by atoms with van der Waals surface area (Å²) in [5.41, 5.74) is -0.0776. The Labute approximate surface area is 138 Å². The van der Waals surface area contributed by atoms with Gasteiger partial charge in [0.1, 0.15) is 11.9 Å². The zero-order valence-corrected chi connectivity index (χ0v) is 13.2. The molecule has 2 atom stereocenters. The topological polar surface area (TPSA) is 105 Å². The van der Waals surface area contributed by atoms with Crippen molar-refractivity contribution in [1.29, 1.82) is 0 Å². The van der Waals surface area contributed by atoms with Gasteiger partial charge in [-0.2, -0.15) is 0 Å². The van der Waals surface area contributed by atoms with E-state index in [9.17, 15) is 23.9 Å². The van der Waals surface area contributed by atoms with Gasteiger partial charge in [-0.05, 0) is 31.0 Å². The number of carbonyl (C=O) groups excluding carboxylic acids is 2. The lowest BCUT2D eigenvalue weighted by Crippen LogP contribution is -2.48. The minimum absolute atomic E-state index is 0.0585. The van der Waals surface area contributed by atoms with Gasteiger partial charge in [-0.3, -0.25) is 9.59 Å². The number of nitrogens with one attached hydrogen (secondary N) is 2. The highest BCUT2D eigenvalue weighted by atomic mass is 19.1. The van der Waals surface area contributed by atoms with E-state index in [2.05, 4.69) is 10.6 Å². The molecule has 2 unspecified atom stereocenters. The summed E-state index contributed by atoms with van der Waals surface area (Å²) in [7, 11) is 0. The Balaban J connectivity index is 2.14. The zero-order valence-electron chi connectivity index (χ0n) is 13.2. The number of carbonyl (C=O) groups is 3. The summed E-state index contributed by atoms with van der Waals surface area (Å²) in [5, 5.41) is 14.1. The summed E-state index contributed by atoms with van der Waals surface area (Å²) in [4.78, 5) is 34.8. The number of aliphatic carboxylic acids is 1. The molecule has 1 fully saturated rings. The normalized spacial score (nSPS) is 18.5. The van der Waals surface area contributed by atoms with Crippen LogP contribution in [-0.2, 0) is 14.3 Å². The molecule has 0 aromatic heterocycles. The molecule has 1 aromatic rings. The van der Waals surface area contributed by atoms with Crippen molar-refractivity contribution in [2.24, 2.45) is 5.92 Å². The highest BCUT2D eigenvalue weighted by Crippen LogP contribution is 2.20. The second-order valence-electron chi connectivity index (χ2n) is 5.64. The minimum Gasteiger partial charge on any atom is -0.480 e. The smallest absolute Gasteiger partial charge is 0.326 e. The number of carboxylic acids is 1. The Morgan fingerprint density at radius 1 is 1.38 bits per heavy atom. The van der Waals surface area contributed by atoms with Crippen LogP contribution in [0.4, 0.5) is 10.1 Å². The van der Waals surface area contributed by atoms with Crippen LogP contribution in [0, 0.1) is 11.7 Å². The van der Waals surface area contributed by atoms with E-state index in [1.54, 1.807) is 0 Å². The Morgan fingerprint density at radius 3 is 2.71 bits per heavy atom. The van der Waals surface area contributed by atoms with Crippen molar-refractivity contribution in [3.63, 3.8) is 0 Å². The first-order valence-corrected chi connectivity index (χ1v) is 7.57. The maximum Gasteiger partial charge on any atom is 0.326 e. The van der Waals surface area contributed by atoms with E-state index in [0.717, 1.165) is 12.5 Å². The predicted molar refractivity (Wildman–Crippen MR) is 83.1 cm³/mol. The molecule has 0 radical (unpaired) electrons. The van der Waals surface area contributed by atoms with E-state index in [1.807, 2.05) is 0 Å². The molecule has 0 spiro atoms. The molecule has 8 heteroatoms. The summed E-state index contributed by atoms with van der Waals surface area (Å²) in [6.45, 7) is 2.06. The third-order valence-electron chi connectivity index (χ3n) is 3.76. The van der Waals surface area contributed by atoms with Gasteiger partial charge in [0.05, 0.1) is 12.3 Å². The number of benzene rings is 1. The summed E-state index contributed by atoms with van der Waals surface area (Å²) >= 11 is 0. The first-order chi connectivity index (χ1) is 11.4. The molecule has 130 valence electrons. The fraction of sp³-hybridized carbons (Fsp3) is 0.438. The van der Waals surface area contributed by atoms with E-state index in [0.29, 0.717) is 13.0 Å². The van der Waals surface area contributed by atoms with Crippen LogP contribution in [0.15, 0.2) is 18.2 Å². The fourth-order valence-corrected chi connectivity index (χ4v) is 2.59. The summed E-state index contributed by atoms with van der Waals surface area (Å²) < 4.78 is 18.9. The van der Waals surface area contributed by atoms with Crippen molar-refractivity contribution < 1.29 is 28.6 Å². The van der Waals surface area contributed by atoms with Gasteiger partial charge in [0.25, 0.3) is 5.91 Å². The van der Waals surface area contributed by atoms with Gasteiger partial charge in [-0.15, -0.1) is 0 Å². The quantitative estimate of drug-likeness (QED) is 0.752. The van der Waals surface area contributed by atoms with Crippen molar-refractivity contribution in [2.75, 3.05) is 18.5 Å². The molecule has 7 nitrogen and oxygen atoms in total. The number of amides is 2. The maximum absolute atomic E-state index is 13.6. The standard InChI is InChI=1S/C16H19FN2O5/c1-9(20)18-13-7-10(4-5-12(13)17)15(21)19-14(16(22)23)11-3-2-6-24-8-11/h4-5,7,11,14H,2-3,6,8H2,1H3,(H,18,20)(H,19,21)(H,22,23). The van der Waals surface area contributed by atoms with Crippen LogP contribution in [0.1, 0.15) is 30.1 Å². The molecular weight excluding hydrogens is 319 g/mol. The van der Waals surface area contributed by atoms with E-state index in [4.69, 9.17) is 4.74 Å². The van der Waals surface area contributed by atoms with Gasteiger partial charge >= 0.3 is 5.97 Å². The number of carboxylic acid groups (broad SMARTS) is 1. The molecule has 0 saturated carbocycles. The molecule has 1 aliphatic rings. The van der Waals surface area contributed by atoms with E-state index >= 15 is 0 Å². The molecule has 0 bridgehead atoms. The van der Waals surface area contributed by atoms with E-state index < -0.39 is 29.6 Å². The molecule has 1 saturated heterocycles. The Morgan fingerprint density at radius 2 is 2.12 bits per heavy atom. The van der Waals surface area contributed by atoms with E-state index in [-0.39, 0.29) is 23.8 Å². The third kappa shape index (κ3) is 4.51. The molecule has 24 heavy (non-hydrogen) atoms. The van der Waals surface area contributed by atoms with Crippen molar-refractivity contribution in [3.8, 4) is 0 Å². The zero-order chi connectivity index (χ0) is 17.7. The van der Waals surface area contributed by atoms with Crippen LogP contribution in [-0.4, -0.2) is 42.1 Å². The second kappa shape index (κ2) is 7.87. The fourth-order valence-electron chi connectivity index (χ4n) is 2.59. The van der Waals surface area contributed by atoms with Crippen LogP contribution in [0.3, 0.4) is 0 Å². The number of rotatable bonds is 5. The highest BCUT2D eigenvalue weighted by Gasteiger charge is 2.31. The molecule has 1 aliphatic heterocycles. The van der Waals surface area contributed by atoms with Gasteiger partial charge in [-0.25, -0.2) is 9.18 Å². The van der Waals surface area contributed by atoms with Crippen LogP contribution in [0.25, 0.3) is 0 Å². The molecule has 3 N–H and O–H groups in total. The third-order valence-corrected chi connectivity index (χ3v) is 3.76. The number of anilines is 1. The number of hydrogen-bond acceptors (Lipinski definition) is 4. The van der Waals surface area contributed by atoms with Gasteiger partial charge in [-0.1, -0.05) is 0 Å². The largest absolute Gasteiger partial charge is 0.480 e. The van der Waals surface area contributed by atoms with Crippen LogP contribution < -0.4 is 10.6 Å². The maximum atomic E-state index is 13.6.